The van der Waals surface area contributed by atoms with E-state index in [4.69, 9.17) is 5.73 Å². The molecule has 94 valence electrons. The highest BCUT2D eigenvalue weighted by Crippen LogP contribution is 2.20. The number of fused-ring (bicyclic) bond motifs is 1. The van der Waals surface area contributed by atoms with Crippen LogP contribution in [0.25, 0.3) is 10.8 Å². The topological polar surface area (TPSA) is 59.2 Å². The Morgan fingerprint density at radius 1 is 1.28 bits per heavy atom. The van der Waals surface area contributed by atoms with E-state index in [0.717, 1.165) is 10.8 Å². The van der Waals surface area contributed by atoms with Crippen LogP contribution in [-0.2, 0) is 0 Å². The van der Waals surface area contributed by atoms with Crippen molar-refractivity contribution in [1.82, 2.24) is 9.88 Å². The highest BCUT2D eigenvalue weighted by Gasteiger charge is 2.16. The molecule has 4 nitrogen and oxygen atoms in total. The molecule has 1 aromatic heterocycles. The van der Waals surface area contributed by atoms with Crippen molar-refractivity contribution in [3.8, 4) is 0 Å². The molecule has 1 amide bonds. The average molecular weight is 243 g/mol. The maximum atomic E-state index is 12.3. The first kappa shape index (κ1) is 12.4. The fraction of sp³-hybridized carbons (Fsp3) is 0.286. The third-order valence-electron chi connectivity index (χ3n) is 3.04. The van der Waals surface area contributed by atoms with Crippen molar-refractivity contribution < 1.29 is 4.79 Å². The van der Waals surface area contributed by atoms with Gasteiger partial charge in [-0.3, -0.25) is 9.78 Å². The quantitative estimate of drug-likeness (QED) is 0.841. The van der Waals surface area contributed by atoms with Crippen LogP contribution in [0.15, 0.2) is 30.5 Å². The number of hydrogen-bond acceptors (Lipinski definition) is 3. The lowest BCUT2D eigenvalue weighted by Crippen LogP contribution is -2.31. The normalized spacial score (nSPS) is 10.6. The summed E-state index contributed by atoms with van der Waals surface area (Å²) in [5.41, 5.74) is 6.93. The van der Waals surface area contributed by atoms with Crippen molar-refractivity contribution in [2.45, 2.75) is 13.8 Å². The van der Waals surface area contributed by atoms with Gasteiger partial charge in [-0.25, -0.2) is 0 Å². The van der Waals surface area contributed by atoms with Gasteiger partial charge in [0.05, 0.1) is 0 Å². The minimum atomic E-state index is -0.0321. The van der Waals surface area contributed by atoms with Gasteiger partial charge in [-0.1, -0.05) is 0 Å². The molecule has 0 bridgehead atoms. The third-order valence-corrected chi connectivity index (χ3v) is 3.04. The van der Waals surface area contributed by atoms with E-state index in [1.807, 2.05) is 32.0 Å². The molecule has 0 unspecified atom stereocenters. The second kappa shape index (κ2) is 5.04. The largest absolute Gasteiger partial charge is 0.399 e. The first-order valence-corrected chi connectivity index (χ1v) is 6.10. The number of carbonyl (C=O) groups is 1. The van der Waals surface area contributed by atoms with E-state index >= 15 is 0 Å². The van der Waals surface area contributed by atoms with E-state index in [-0.39, 0.29) is 5.91 Å². The lowest BCUT2D eigenvalue weighted by atomic mass is 10.1. The molecule has 1 aromatic carbocycles. The summed E-state index contributed by atoms with van der Waals surface area (Å²) in [5.74, 6) is -0.0321. The number of pyridine rings is 1. The van der Waals surface area contributed by atoms with Crippen LogP contribution >= 0.6 is 0 Å². The molecule has 1 heterocycles. The van der Waals surface area contributed by atoms with Crippen LogP contribution in [0.2, 0.25) is 0 Å². The summed E-state index contributed by atoms with van der Waals surface area (Å²) in [5, 5.41) is 1.80. The maximum absolute atomic E-state index is 12.3. The summed E-state index contributed by atoms with van der Waals surface area (Å²) in [6.07, 6.45) is 1.65. The number of benzene rings is 1. The molecule has 0 atom stereocenters. The average Bonchev–Trinajstić information content (AvgIpc) is 2.39. The smallest absolute Gasteiger partial charge is 0.273 e. The molecular weight excluding hydrogens is 226 g/mol. The van der Waals surface area contributed by atoms with Crippen molar-refractivity contribution in [3.63, 3.8) is 0 Å². The summed E-state index contributed by atoms with van der Waals surface area (Å²) in [7, 11) is 0. The van der Waals surface area contributed by atoms with Gasteiger partial charge < -0.3 is 10.6 Å². The van der Waals surface area contributed by atoms with Gasteiger partial charge in [0, 0.05) is 30.4 Å². The first-order valence-electron chi connectivity index (χ1n) is 6.10. The molecule has 0 aliphatic heterocycles. The fourth-order valence-electron chi connectivity index (χ4n) is 2.03. The molecule has 0 saturated heterocycles. The monoisotopic (exact) mass is 243 g/mol. The highest BCUT2D eigenvalue weighted by atomic mass is 16.2. The molecule has 2 rings (SSSR count). The van der Waals surface area contributed by atoms with Crippen LogP contribution in [0.5, 0.6) is 0 Å². The van der Waals surface area contributed by atoms with E-state index < -0.39 is 0 Å². The molecule has 0 fully saturated rings. The SMILES string of the molecule is CCN(CC)C(=O)c1nccc2cc(N)ccc12. The second-order valence-electron chi connectivity index (χ2n) is 4.12. The standard InChI is InChI=1S/C14H17N3O/c1-3-17(4-2)14(18)13-12-6-5-11(15)9-10(12)7-8-16-13/h5-9H,3-4,15H2,1-2H3. The van der Waals surface area contributed by atoms with Gasteiger partial charge in [0.1, 0.15) is 5.69 Å². The Hall–Kier alpha value is -2.10. The van der Waals surface area contributed by atoms with Crippen molar-refractivity contribution in [2.24, 2.45) is 0 Å². The fourth-order valence-corrected chi connectivity index (χ4v) is 2.03. The molecule has 0 spiro atoms. The van der Waals surface area contributed by atoms with E-state index in [2.05, 4.69) is 4.98 Å². The van der Waals surface area contributed by atoms with E-state index in [1.165, 1.54) is 0 Å². The minimum Gasteiger partial charge on any atom is -0.399 e. The number of aromatic nitrogens is 1. The van der Waals surface area contributed by atoms with Gasteiger partial charge in [0.25, 0.3) is 5.91 Å². The molecule has 2 N–H and O–H groups in total. The zero-order chi connectivity index (χ0) is 13.1. The molecule has 0 saturated carbocycles. The number of rotatable bonds is 3. The van der Waals surface area contributed by atoms with Crippen LogP contribution in [0, 0.1) is 0 Å². The minimum absolute atomic E-state index is 0.0321. The number of hydrogen-bond donors (Lipinski definition) is 1. The zero-order valence-corrected chi connectivity index (χ0v) is 10.7. The van der Waals surface area contributed by atoms with Gasteiger partial charge in [-0.15, -0.1) is 0 Å². The molecule has 0 aliphatic rings. The molecule has 0 aliphatic carbocycles. The summed E-state index contributed by atoms with van der Waals surface area (Å²) < 4.78 is 0. The van der Waals surface area contributed by atoms with E-state index in [1.54, 1.807) is 17.2 Å². The predicted molar refractivity (Wildman–Crippen MR) is 73.4 cm³/mol. The lowest BCUT2D eigenvalue weighted by molar-refractivity contribution is 0.0769. The molecule has 2 aromatic rings. The van der Waals surface area contributed by atoms with E-state index in [9.17, 15) is 4.79 Å². The number of nitrogen functional groups attached to an aromatic ring is 1. The summed E-state index contributed by atoms with van der Waals surface area (Å²) in [4.78, 5) is 18.3. The Kier molecular flexibility index (Phi) is 3.46. The molecule has 4 heteroatoms. The van der Waals surface area contributed by atoms with Crippen molar-refractivity contribution in [3.05, 3.63) is 36.2 Å². The van der Waals surface area contributed by atoms with Crippen molar-refractivity contribution >= 4 is 22.4 Å². The van der Waals surface area contributed by atoms with Gasteiger partial charge in [0.15, 0.2) is 0 Å². The Labute approximate surface area is 106 Å². The van der Waals surface area contributed by atoms with Gasteiger partial charge in [-0.2, -0.15) is 0 Å². The Balaban J connectivity index is 2.54. The highest BCUT2D eigenvalue weighted by molar-refractivity contribution is 6.05. The number of amides is 1. The molecular formula is C14H17N3O. The van der Waals surface area contributed by atoms with Crippen LogP contribution < -0.4 is 5.73 Å². The summed E-state index contributed by atoms with van der Waals surface area (Å²) >= 11 is 0. The Bertz CT molecular complexity index is 576. The Morgan fingerprint density at radius 2 is 2.00 bits per heavy atom. The van der Waals surface area contributed by atoms with Gasteiger partial charge in [-0.05, 0) is 43.5 Å². The van der Waals surface area contributed by atoms with Crippen LogP contribution in [0.4, 0.5) is 5.69 Å². The van der Waals surface area contributed by atoms with Crippen LogP contribution in [-0.4, -0.2) is 28.9 Å². The van der Waals surface area contributed by atoms with Gasteiger partial charge >= 0.3 is 0 Å². The van der Waals surface area contributed by atoms with E-state index in [0.29, 0.717) is 24.5 Å². The van der Waals surface area contributed by atoms with Crippen molar-refractivity contribution in [1.29, 1.82) is 0 Å². The van der Waals surface area contributed by atoms with Gasteiger partial charge in [0.2, 0.25) is 0 Å². The lowest BCUT2D eigenvalue weighted by Gasteiger charge is -2.18. The third kappa shape index (κ3) is 2.14. The van der Waals surface area contributed by atoms with Crippen LogP contribution in [0.1, 0.15) is 24.3 Å². The first-order chi connectivity index (χ1) is 8.67. The number of nitrogens with zero attached hydrogens (tertiary/aromatic N) is 2. The predicted octanol–water partition coefficient (Wildman–Crippen LogP) is 2.30. The second-order valence-corrected chi connectivity index (χ2v) is 4.12. The van der Waals surface area contributed by atoms with Crippen molar-refractivity contribution in [2.75, 3.05) is 18.8 Å². The number of nitrogens with two attached hydrogens (primary N) is 1. The zero-order valence-electron chi connectivity index (χ0n) is 10.7. The summed E-state index contributed by atoms with van der Waals surface area (Å²) in [6.45, 7) is 5.29. The summed E-state index contributed by atoms with van der Waals surface area (Å²) in [6, 6.07) is 7.37. The number of anilines is 1. The van der Waals surface area contributed by atoms with Crippen LogP contribution in [0.3, 0.4) is 0 Å². The molecule has 18 heavy (non-hydrogen) atoms. The maximum Gasteiger partial charge on any atom is 0.273 e. The Morgan fingerprint density at radius 3 is 2.67 bits per heavy atom. The molecule has 0 radical (unpaired) electrons. The number of carbonyl (C=O) groups excluding carboxylic acids is 1.